The van der Waals surface area contributed by atoms with E-state index in [9.17, 15) is 4.79 Å². The van der Waals surface area contributed by atoms with Crippen LogP contribution in [0, 0.1) is 0 Å². The maximum Gasteiger partial charge on any atom is 0.421 e. The molecule has 0 spiro atoms. The Morgan fingerprint density at radius 1 is 1.29 bits per heavy atom. The van der Waals surface area contributed by atoms with Gasteiger partial charge in [-0.1, -0.05) is 0 Å². The average Bonchev–Trinajstić information content (AvgIpc) is 2.12. The summed E-state index contributed by atoms with van der Waals surface area (Å²) < 4.78 is 0. The van der Waals surface area contributed by atoms with Gasteiger partial charge in [-0.2, -0.15) is 0 Å². The van der Waals surface area contributed by atoms with Crippen LogP contribution in [-0.2, 0) is 9.78 Å². The molecule has 17 heavy (non-hydrogen) atoms. The summed E-state index contributed by atoms with van der Waals surface area (Å²) in [7, 11) is 0. The third-order valence-corrected chi connectivity index (χ3v) is 2.00. The lowest BCUT2D eigenvalue weighted by Gasteiger charge is -2.32. The SMILES string of the molecule is CC(CC(C)(C)OOC(C)(C)C)N(N)C(=O)O. The number of rotatable bonds is 5. The minimum Gasteiger partial charge on any atom is -0.464 e. The molecule has 0 saturated heterocycles. The minimum absolute atomic E-state index is 0.355. The summed E-state index contributed by atoms with van der Waals surface area (Å²) in [6, 6.07) is -0.355. The maximum atomic E-state index is 10.7. The van der Waals surface area contributed by atoms with E-state index in [1.165, 1.54) is 0 Å². The zero-order valence-corrected chi connectivity index (χ0v) is 11.5. The molecule has 0 aromatic heterocycles. The Morgan fingerprint density at radius 2 is 1.76 bits per heavy atom. The first-order valence-electron chi connectivity index (χ1n) is 5.58. The molecule has 0 aliphatic heterocycles. The van der Waals surface area contributed by atoms with Crippen LogP contribution >= 0.6 is 0 Å². The molecular weight excluding hydrogens is 224 g/mol. The molecule has 0 rings (SSSR count). The normalized spacial score (nSPS) is 14.5. The molecule has 3 N–H and O–H groups in total. The Hall–Kier alpha value is -0.850. The maximum absolute atomic E-state index is 10.7. The van der Waals surface area contributed by atoms with E-state index in [1.807, 2.05) is 34.6 Å². The monoisotopic (exact) mass is 248 g/mol. The van der Waals surface area contributed by atoms with Crippen LogP contribution in [-0.4, -0.2) is 33.5 Å². The van der Waals surface area contributed by atoms with Crippen LogP contribution in [0.3, 0.4) is 0 Å². The second-order valence-electron chi connectivity index (χ2n) is 5.78. The summed E-state index contributed by atoms with van der Waals surface area (Å²) >= 11 is 0. The van der Waals surface area contributed by atoms with E-state index in [0.717, 1.165) is 5.01 Å². The first-order valence-corrected chi connectivity index (χ1v) is 5.58. The van der Waals surface area contributed by atoms with Gasteiger partial charge in [0.1, 0.15) is 0 Å². The van der Waals surface area contributed by atoms with Crippen molar-refractivity contribution in [2.75, 3.05) is 0 Å². The number of hydrazine groups is 1. The van der Waals surface area contributed by atoms with E-state index in [-0.39, 0.29) is 6.04 Å². The highest BCUT2D eigenvalue weighted by molar-refractivity contribution is 5.64. The van der Waals surface area contributed by atoms with E-state index < -0.39 is 17.3 Å². The fraction of sp³-hybridized carbons (Fsp3) is 0.909. The molecule has 0 aromatic carbocycles. The van der Waals surface area contributed by atoms with Crippen molar-refractivity contribution in [1.29, 1.82) is 0 Å². The third kappa shape index (κ3) is 7.14. The van der Waals surface area contributed by atoms with Gasteiger partial charge in [0.15, 0.2) is 0 Å². The van der Waals surface area contributed by atoms with Gasteiger partial charge in [-0.3, -0.25) is 0 Å². The third-order valence-electron chi connectivity index (χ3n) is 2.00. The van der Waals surface area contributed by atoms with Crippen LogP contribution in [0.1, 0.15) is 48.0 Å². The molecule has 1 unspecified atom stereocenters. The molecule has 0 saturated carbocycles. The zero-order chi connectivity index (χ0) is 13.9. The van der Waals surface area contributed by atoms with Gasteiger partial charge < -0.3 is 5.11 Å². The van der Waals surface area contributed by atoms with Crippen LogP contribution < -0.4 is 5.84 Å². The Bertz CT molecular complexity index is 261. The summed E-state index contributed by atoms with van der Waals surface area (Å²) in [4.78, 5) is 21.2. The predicted molar refractivity (Wildman–Crippen MR) is 64.1 cm³/mol. The van der Waals surface area contributed by atoms with Crippen LogP contribution in [0.25, 0.3) is 0 Å². The fourth-order valence-corrected chi connectivity index (χ4v) is 1.27. The largest absolute Gasteiger partial charge is 0.464 e. The number of carbonyl (C=O) groups is 1. The Balaban J connectivity index is 4.29. The predicted octanol–water partition coefficient (Wildman–Crippen LogP) is 2.14. The quantitative estimate of drug-likeness (QED) is 0.337. The molecule has 6 heteroatoms. The topological polar surface area (TPSA) is 85.0 Å². The summed E-state index contributed by atoms with van der Waals surface area (Å²) in [5.41, 5.74) is -1.02. The molecule has 0 radical (unpaired) electrons. The van der Waals surface area contributed by atoms with Gasteiger partial charge in [0.25, 0.3) is 0 Å². The molecular formula is C11H24N2O4. The van der Waals surface area contributed by atoms with Crippen molar-refractivity contribution < 1.29 is 19.7 Å². The van der Waals surface area contributed by atoms with E-state index in [4.69, 9.17) is 20.7 Å². The van der Waals surface area contributed by atoms with Crippen molar-refractivity contribution in [3.05, 3.63) is 0 Å². The molecule has 0 aliphatic rings. The van der Waals surface area contributed by atoms with E-state index in [1.54, 1.807) is 6.92 Å². The number of nitrogens with zero attached hydrogens (tertiary/aromatic N) is 1. The van der Waals surface area contributed by atoms with Crippen molar-refractivity contribution >= 4 is 6.09 Å². The van der Waals surface area contributed by atoms with Gasteiger partial charge in [0.05, 0.1) is 17.2 Å². The fourth-order valence-electron chi connectivity index (χ4n) is 1.27. The highest BCUT2D eigenvalue weighted by Gasteiger charge is 2.29. The lowest BCUT2D eigenvalue weighted by molar-refractivity contribution is -0.399. The summed E-state index contributed by atoms with van der Waals surface area (Å²) in [6.45, 7) is 11.0. The number of hydrogen-bond acceptors (Lipinski definition) is 4. The van der Waals surface area contributed by atoms with Crippen LogP contribution in [0.4, 0.5) is 4.79 Å². The second-order valence-corrected chi connectivity index (χ2v) is 5.78. The average molecular weight is 248 g/mol. The van der Waals surface area contributed by atoms with Crippen molar-refractivity contribution in [3.8, 4) is 0 Å². The molecule has 102 valence electrons. The van der Waals surface area contributed by atoms with Crippen molar-refractivity contribution in [3.63, 3.8) is 0 Å². The van der Waals surface area contributed by atoms with Crippen LogP contribution in [0.5, 0.6) is 0 Å². The van der Waals surface area contributed by atoms with Gasteiger partial charge in [-0.25, -0.2) is 25.4 Å². The lowest BCUT2D eigenvalue weighted by atomic mass is 10.00. The standard InChI is InChI=1S/C11H24N2O4/c1-8(13(12)9(14)15)7-11(5,6)17-16-10(2,3)4/h8H,7,12H2,1-6H3,(H,14,15). The minimum atomic E-state index is -1.16. The Morgan fingerprint density at radius 3 is 2.12 bits per heavy atom. The number of amides is 1. The Labute approximate surface area is 103 Å². The smallest absolute Gasteiger partial charge is 0.421 e. The molecule has 0 fully saturated rings. The van der Waals surface area contributed by atoms with Crippen molar-refractivity contribution in [2.45, 2.75) is 65.2 Å². The molecule has 1 amide bonds. The van der Waals surface area contributed by atoms with Crippen molar-refractivity contribution in [1.82, 2.24) is 5.01 Å². The summed E-state index contributed by atoms with van der Waals surface area (Å²) in [5, 5.41) is 9.50. The van der Waals surface area contributed by atoms with Gasteiger partial charge in [0, 0.05) is 6.42 Å². The van der Waals surface area contributed by atoms with Gasteiger partial charge >= 0.3 is 6.09 Å². The first kappa shape index (κ1) is 16.1. The summed E-state index contributed by atoms with van der Waals surface area (Å²) in [6.07, 6.45) is -0.726. The first-order chi connectivity index (χ1) is 7.44. The van der Waals surface area contributed by atoms with Gasteiger partial charge in [0.2, 0.25) is 0 Å². The van der Waals surface area contributed by atoms with E-state index in [2.05, 4.69) is 0 Å². The zero-order valence-electron chi connectivity index (χ0n) is 11.5. The van der Waals surface area contributed by atoms with E-state index >= 15 is 0 Å². The second kappa shape index (κ2) is 5.66. The lowest BCUT2D eigenvalue weighted by Crippen LogP contribution is -2.47. The molecule has 0 aliphatic carbocycles. The number of nitrogens with two attached hydrogens (primary N) is 1. The Kier molecular flexibility index (Phi) is 5.38. The molecule has 1 atom stereocenters. The van der Waals surface area contributed by atoms with Crippen LogP contribution in [0.15, 0.2) is 0 Å². The molecule has 0 bridgehead atoms. The van der Waals surface area contributed by atoms with Gasteiger partial charge in [-0.15, -0.1) is 0 Å². The number of carboxylic acid groups (broad SMARTS) is 1. The summed E-state index contributed by atoms with van der Waals surface area (Å²) in [5.74, 6) is 5.39. The highest BCUT2D eigenvalue weighted by atomic mass is 17.2. The molecule has 0 heterocycles. The highest BCUT2D eigenvalue weighted by Crippen LogP contribution is 2.22. The van der Waals surface area contributed by atoms with Gasteiger partial charge in [-0.05, 0) is 41.5 Å². The molecule has 0 aromatic rings. The van der Waals surface area contributed by atoms with E-state index in [0.29, 0.717) is 6.42 Å². The molecule has 6 nitrogen and oxygen atoms in total. The van der Waals surface area contributed by atoms with Crippen molar-refractivity contribution in [2.24, 2.45) is 5.84 Å². The van der Waals surface area contributed by atoms with Crippen LogP contribution in [0.2, 0.25) is 0 Å². The number of hydrogen-bond donors (Lipinski definition) is 2.